The molecule has 0 spiro atoms. The van der Waals surface area contributed by atoms with Crippen LogP contribution in [0.3, 0.4) is 0 Å². The van der Waals surface area contributed by atoms with E-state index in [1.165, 1.54) is 17.2 Å². The first-order valence-corrected chi connectivity index (χ1v) is 7.11. The maximum atomic E-state index is 13.3. The van der Waals surface area contributed by atoms with Crippen LogP contribution in [0.5, 0.6) is 0 Å². The molecule has 1 aromatic carbocycles. The Morgan fingerprint density at radius 2 is 2.00 bits per heavy atom. The molecule has 2 atom stereocenters. The lowest BCUT2D eigenvalue weighted by Gasteiger charge is -2.39. The second-order valence-corrected chi connectivity index (χ2v) is 5.08. The lowest BCUT2D eigenvalue weighted by molar-refractivity contribution is -0.188. The second-order valence-electron chi connectivity index (χ2n) is 5.08. The molecule has 1 unspecified atom stereocenters. The van der Waals surface area contributed by atoms with E-state index in [1.807, 2.05) is 0 Å². The number of hydrogen-bond acceptors (Lipinski definition) is 3. The van der Waals surface area contributed by atoms with E-state index in [0.29, 0.717) is 6.61 Å². The highest BCUT2D eigenvalue weighted by atomic mass is 19.4. The van der Waals surface area contributed by atoms with Crippen molar-refractivity contribution in [3.05, 3.63) is 48.2 Å². The number of ketones is 1. The molecule has 0 aliphatic carbocycles. The Bertz CT molecular complexity index is 528. The second kappa shape index (κ2) is 6.96. The molecule has 1 aliphatic heterocycles. The van der Waals surface area contributed by atoms with Crippen LogP contribution in [0.15, 0.2) is 42.6 Å². The summed E-state index contributed by atoms with van der Waals surface area (Å²) in [5.41, 5.74) is 0.726. The van der Waals surface area contributed by atoms with Crippen LogP contribution >= 0.6 is 0 Å². The standard InChI is InChI=1S/C16H18F3NO2/c1-2-22-11-14(12-6-4-3-5-7-12)20-9-8-13(21)10-15(20)16(17,18)19/h3-9,14-15H,2,10-11H2,1H3/t14-,15?/m1/s1. The number of alkyl halides is 3. The van der Waals surface area contributed by atoms with E-state index >= 15 is 0 Å². The molecule has 0 N–H and O–H groups in total. The predicted octanol–water partition coefficient (Wildman–Crippen LogP) is 3.48. The van der Waals surface area contributed by atoms with Gasteiger partial charge in [0.1, 0.15) is 6.04 Å². The smallest absolute Gasteiger partial charge is 0.379 e. The number of benzene rings is 1. The van der Waals surface area contributed by atoms with Crippen molar-refractivity contribution in [3.8, 4) is 0 Å². The third kappa shape index (κ3) is 3.88. The highest BCUT2D eigenvalue weighted by molar-refractivity contribution is 5.90. The lowest BCUT2D eigenvalue weighted by Crippen LogP contribution is -2.48. The van der Waals surface area contributed by atoms with Gasteiger partial charge in [0, 0.05) is 19.2 Å². The molecule has 0 aromatic heterocycles. The van der Waals surface area contributed by atoms with Crippen molar-refractivity contribution < 1.29 is 22.7 Å². The van der Waals surface area contributed by atoms with E-state index in [-0.39, 0.29) is 6.61 Å². The molecule has 2 rings (SSSR count). The van der Waals surface area contributed by atoms with Gasteiger partial charge in [-0.05, 0) is 18.6 Å². The molecule has 0 saturated carbocycles. The monoisotopic (exact) mass is 313 g/mol. The maximum Gasteiger partial charge on any atom is 0.409 e. The fourth-order valence-corrected chi connectivity index (χ4v) is 2.50. The summed E-state index contributed by atoms with van der Waals surface area (Å²) in [5.74, 6) is -0.512. The lowest BCUT2D eigenvalue weighted by atomic mass is 9.98. The molecule has 0 saturated heterocycles. The predicted molar refractivity (Wildman–Crippen MR) is 76.1 cm³/mol. The summed E-state index contributed by atoms with van der Waals surface area (Å²) in [6.07, 6.45) is -2.60. The molecular weight excluding hydrogens is 295 g/mol. The van der Waals surface area contributed by atoms with Crippen molar-refractivity contribution in [2.45, 2.75) is 31.6 Å². The Labute approximate surface area is 127 Å². The van der Waals surface area contributed by atoms with Gasteiger partial charge in [-0.15, -0.1) is 0 Å². The first-order valence-electron chi connectivity index (χ1n) is 7.11. The van der Waals surface area contributed by atoms with Gasteiger partial charge in [-0.1, -0.05) is 30.3 Å². The molecule has 0 bridgehead atoms. The van der Waals surface area contributed by atoms with Crippen LogP contribution in [0, 0.1) is 0 Å². The first-order chi connectivity index (χ1) is 10.4. The minimum Gasteiger partial charge on any atom is -0.379 e. The fourth-order valence-electron chi connectivity index (χ4n) is 2.50. The largest absolute Gasteiger partial charge is 0.409 e. The Hall–Kier alpha value is -1.82. The van der Waals surface area contributed by atoms with Crippen molar-refractivity contribution in [2.24, 2.45) is 0 Å². The van der Waals surface area contributed by atoms with E-state index in [9.17, 15) is 18.0 Å². The van der Waals surface area contributed by atoms with E-state index < -0.39 is 30.5 Å². The maximum absolute atomic E-state index is 13.3. The number of nitrogens with zero attached hydrogens (tertiary/aromatic N) is 1. The third-order valence-electron chi connectivity index (χ3n) is 3.59. The fraction of sp³-hybridized carbons (Fsp3) is 0.438. The minimum atomic E-state index is -4.47. The molecule has 0 radical (unpaired) electrons. The van der Waals surface area contributed by atoms with Crippen LogP contribution in [-0.2, 0) is 9.53 Å². The number of halogens is 3. The molecule has 1 heterocycles. The number of ether oxygens (including phenoxy) is 1. The van der Waals surface area contributed by atoms with Gasteiger partial charge >= 0.3 is 6.18 Å². The van der Waals surface area contributed by atoms with Crippen molar-refractivity contribution in [3.63, 3.8) is 0 Å². The Morgan fingerprint density at radius 3 is 2.59 bits per heavy atom. The molecule has 22 heavy (non-hydrogen) atoms. The molecule has 6 heteroatoms. The Kier molecular flexibility index (Phi) is 5.24. The molecule has 0 amide bonds. The number of rotatable bonds is 5. The van der Waals surface area contributed by atoms with Crippen LogP contribution in [0.2, 0.25) is 0 Å². The summed E-state index contributed by atoms with van der Waals surface area (Å²) in [5, 5.41) is 0. The van der Waals surface area contributed by atoms with E-state index in [1.54, 1.807) is 37.3 Å². The molecule has 3 nitrogen and oxygen atoms in total. The topological polar surface area (TPSA) is 29.5 Å². The molecule has 120 valence electrons. The summed E-state index contributed by atoms with van der Waals surface area (Å²) >= 11 is 0. The zero-order valence-corrected chi connectivity index (χ0v) is 12.2. The quantitative estimate of drug-likeness (QED) is 0.833. The van der Waals surface area contributed by atoms with Gasteiger partial charge in [0.25, 0.3) is 0 Å². The average molecular weight is 313 g/mol. The highest BCUT2D eigenvalue weighted by Gasteiger charge is 2.47. The summed E-state index contributed by atoms with van der Waals surface area (Å²) < 4.78 is 45.2. The van der Waals surface area contributed by atoms with Gasteiger partial charge in [0.05, 0.1) is 12.6 Å². The van der Waals surface area contributed by atoms with Crippen LogP contribution in [0.1, 0.15) is 24.9 Å². The number of carbonyl (C=O) groups is 1. The summed E-state index contributed by atoms with van der Waals surface area (Å²) in [4.78, 5) is 12.6. The number of hydrogen-bond donors (Lipinski definition) is 0. The zero-order valence-electron chi connectivity index (χ0n) is 12.2. The Balaban J connectivity index is 2.35. The van der Waals surface area contributed by atoms with E-state index in [2.05, 4.69) is 0 Å². The van der Waals surface area contributed by atoms with Gasteiger partial charge in [0.2, 0.25) is 0 Å². The van der Waals surface area contributed by atoms with Gasteiger partial charge in [0.15, 0.2) is 5.78 Å². The molecule has 1 aromatic rings. The number of allylic oxidation sites excluding steroid dienone is 1. The SMILES string of the molecule is CCOC[C@H](c1ccccc1)N1C=CC(=O)CC1C(F)(F)F. The first kappa shape index (κ1) is 16.5. The van der Waals surface area contributed by atoms with Crippen molar-refractivity contribution >= 4 is 5.78 Å². The van der Waals surface area contributed by atoms with Gasteiger partial charge in [-0.2, -0.15) is 13.2 Å². The summed E-state index contributed by atoms with van der Waals surface area (Å²) in [6, 6.07) is 6.47. The normalized spacial score (nSPS) is 20.3. The number of carbonyl (C=O) groups excluding carboxylic acids is 1. The van der Waals surface area contributed by atoms with Gasteiger partial charge in [-0.25, -0.2) is 0 Å². The summed E-state index contributed by atoms with van der Waals surface area (Å²) in [6.45, 7) is 2.33. The summed E-state index contributed by atoms with van der Waals surface area (Å²) in [7, 11) is 0. The van der Waals surface area contributed by atoms with E-state index in [0.717, 1.165) is 5.56 Å². The van der Waals surface area contributed by atoms with Crippen molar-refractivity contribution in [1.82, 2.24) is 4.90 Å². The van der Waals surface area contributed by atoms with Crippen LogP contribution < -0.4 is 0 Å². The Morgan fingerprint density at radius 1 is 1.32 bits per heavy atom. The van der Waals surface area contributed by atoms with Crippen molar-refractivity contribution in [1.29, 1.82) is 0 Å². The van der Waals surface area contributed by atoms with Crippen LogP contribution in [0.25, 0.3) is 0 Å². The average Bonchev–Trinajstić information content (AvgIpc) is 2.49. The molecule has 0 fully saturated rings. The van der Waals surface area contributed by atoms with Crippen LogP contribution in [-0.4, -0.2) is 36.1 Å². The van der Waals surface area contributed by atoms with E-state index in [4.69, 9.17) is 4.74 Å². The van der Waals surface area contributed by atoms with Gasteiger partial charge in [-0.3, -0.25) is 4.79 Å². The van der Waals surface area contributed by atoms with Crippen LogP contribution in [0.4, 0.5) is 13.2 Å². The van der Waals surface area contributed by atoms with Crippen molar-refractivity contribution in [2.75, 3.05) is 13.2 Å². The van der Waals surface area contributed by atoms with Gasteiger partial charge < -0.3 is 9.64 Å². The third-order valence-corrected chi connectivity index (χ3v) is 3.59. The molecular formula is C16H18F3NO2. The highest BCUT2D eigenvalue weighted by Crippen LogP contribution is 2.36. The molecule has 1 aliphatic rings. The zero-order chi connectivity index (χ0) is 16.2. The minimum absolute atomic E-state index is 0.131.